The molecule has 0 aromatic carbocycles. The standard InChI is InChI=1S/C9H14N4O2S.C3HF3N2O/c14-16(15,13-6-4-10-5-7-13)12-9-2-1-3-11-8-9;4-3(5,6)2-8-7-1-9-2/h1-3,8,10,12H,4-7H2;1H. The summed E-state index contributed by atoms with van der Waals surface area (Å²) in [6, 6.07) is 3.36. The Morgan fingerprint density at radius 3 is 2.48 bits per heavy atom. The third-order valence-electron chi connectivity index (χ3n) is 2.93. The van der Waals surface area contributed by atoms with Crippen molar-refractivity contribution in [1.82, 2.24) is 24.8 Å². The summed E-state index contributed by atoms with van der Waals surface area (Å²) in [4.78, 5) is 3.86. The van der Waals surface area contributed by atoms with Crippen LogP contribution >= 0.6 is 0 Å². The molecule has 3 rings (SSSR count). The molecule has 1 fully saturated rings. The SMILES string of the molecule is FC(F)(F)c1nnco1.O=S(=O)(Nc1cccnc1)N1CCNCC1. The van der Waals surface area contributed by atoms with Gasteiger partial charge in [0, 0.05) is 32.4 Å². The molecular formula is C12H15F3N6O3S. The summed E-state index contributed by atoms with van der Waals surface area (Å²) in [5.41, 5.74) is 0.487. The van der Waals surface area contributed by atoms with Crippen LogP contribution in [0.1, 0.15) is 5.89 Å². The van der Waals surface area contributed by atoms with E-state index in [2.05, 4.69) is 29.6 Å². The molecule has 1 aliphatic heterocycles. The van der Waals surface area contributed by atoms with Crippen molar-refractivity contribution >= 4 is 15.9 Å². The van der Waals surface area contributed by atoms with E-state index in [4.69, 9.17) is 0 Å². The van der Waals surface area contributed by atoms with Crippen molar-refractivity contribution < 1.29 is 26.0 Å². The summed E-state index contributed by atoms with van der Waals surface area (Å²) in [6.07, 6.45) is -0.804. The highest BCUT2D eigenvalue weighted by Crippen LogP contribution is 2.26. The maximum Gasteiger partial charge on any atom is 0.470 e. The number of nitrogens with zero attached hydrogens (tertiary/aromatic N) is 4. The maximum absolute atomic E-state index is 11.9. The number of pyridine rings is 1. The number of nitrogens with one attached hydrogen (secondary N) is 2. The van der Waals surface area contributed by atoms with Crippen molar-refractivity contribution in [2.45, 2.75) is 6.18 Å². The van der Waals surface area contributed by atoms with Crippen LogP contribution in [0.3, 0.4) is 0 Å². The highest BCUT2D eigenvalue weighted by molar-refractivity contribution is 7.90. The molecule has 0 bridgehead atoms. The van der Waals surface area contributed by atoms with Gasteiger partial charge in [-0.15, -0.1) is 10.2 Å². The Labute approximate surface area is 141 Å². The van der Waals surface area contributed by atoms with E-state index in [0.717, 1.165) is 0 Å². The molecule has 13 heteroatoms. The molecule has 25 heavy (non-hydrogen) atoms. The summed E-state index contributed by atoms with van der Waals surface area (Å²) in [5, 5.41) is 8.60. The maximum atomic E-state index is 11.9. The molecule has 0 saturated carbocycles. The van der Waals surface area contributed by atoms with E-state index in [-0.39, 0.29) is 0 Å². The summed E-state index contributed by atoms with van der Waals surface area (Å²) in [6.45, 7) is 2.37. The Balaban J connectivity index is 0.000000212. The molecule has 1 saturated heterocycles. The van der Waals surface area contributed by atoms with Gasteiger partial charge in [-0.05, 0) is 12.1 Å². The van der Waals surface area contributed by atoms with Gasteiger partial charge in [-0.3, -0.25) is 9.71 Å². The summed E-state index contributed by atoms with van der Waals surface area (Å²) in [5.74, 6) is -1.32. The van der Waals surface area contributed by atoms with Crippen molar-refractivity contribution in [3.05, 3.63) is 36.8 Å². The molecule has 0 amide bonds. The second kappa shape index (κ2) is 8.22. The molecule has 3 heterocycles. The molecule has 2 aromatic rings. The fraction of sp³-hybridized carbons (Fsp3) is 0.417. The predicted octanol–water partition coefficient (Wildman–Crippen LogP) is 0.732. The Morgan fingerprint density at radius 1 is 1.28 bits per heavy atom. The summed E-state index contributed by atoms with van der Waals surface area (Å²) in [7, 11) is -3.43. The lowest BCUT2D eigenvalue weighted by Gasteiger charge is -2.26. The van der Waals surface area contributed by atoms with Gasteiger partial charge in [0.2, 0.25) is 6.39 Å². The molecule has 0 atom stereocenters. The summed E-state index contributed by atoms with van der Waals surface area (Å²) < 4.78 is 65.9. The molecule has 138 valence electrons. The van der Waals surface area contributed by atoms with Crippen molar-refractivity contribution in [2.24, 2.45) is 0 Å². The zero-order valence-corrected chi connectivity index (χ0v) is 13.6. The zero-order valence-electron chi connectivity index (χ0n) is 12.8. The van der Waals surface area contributed by atoms with Gasteiger partial charge in [-0.25, -0.2) is 0 Å². The normalized spacial score (nSPS) is 16.0. The number of halogens is 3. The second-order valence-corrected chi connectivity index (χ2v) is 6.41. The van der Waals surface area contributed by atoms with E-state index in [1.165, 1.54) is 10.5 Å². The largest absolute Gasteiger partial charge is 0.470 e. The minimum absolute atomic E-state index is 0.487. The van der Waals surface area contributed by atoms with E-state index in [1.807, 2.05) is 0 Å². The Kier molecular flexibility index (Phi) is 6.27. The van der Waals surface area contributed by atoms with Crippen molar-refractivity contribution in [3.8, 4) is 0 Å². The van der Waals surface area contributed by atoms with Crippen molar-refractivity contribution in [3.63, 3.8) is 0 Å². The van der Waals surface area contributed by atoms with Crippen molar-refractivity contribution in [1.29, 1.82) is 0 Å². The average molecular weight is 380 g/mol. The van der Waals surface area contributed by atoms with Gasteiger partial charge in [-0.2, -0.15) is 25.9 Å². The number of hydrogen-bond acceptors (Lipinski definition) is 7. The summed E-state index contributed by atoms with van der Waals surface area (Å²) >= 11 is 0. The fourth-order valence-electron chi connectivity index (χ4n) is 1.82. The first-order valence-electron chi connectivity index (χ1n) is 7.01. The van der Waals surface area contributed by atoms with Crippen LogP contribution in [0, 0.1) is 0 Å². The second-order valence-electron chi connectivity index (χ2n) is 4.74. The van der Waals surface area contributed by atoms with Gasteiger partial charge in [0.25, 0.3) is 0 Å². The van der Waals surface area contributed by atoms with Crippen LogP contribution in [0.4, 0.5) is 18.9 Å². The van der Waals surface area contributed by atoms with E-state index in [1.54, 1.807) is 18.3 Å². The molecule has 1 aliphatic rings. The first-order chi connectivity index (χ1) is 11.8. The van der Waals surface area contributed by atoms with Gasteiger partial charge >= 0.3 is 22.3 Å². The third-order valence-corrected chi connectivity index (χ3v) is 4.47. The molecule has 0 aliphatic carbocycles. The van der Waals surface area contributed by atoms with E-state index in [9.17, 15) is 21.6 Å². The highest BCUT2D eigenvalue weighted by atomic mass is 32.2. The molecule has 2 N–H and O–H groups in total. The first kappa shape index (κ1) is 19.1. The van der Waals surface area contributed by atoms with Crippen LogP contribution in [0.5, 0.6) is 0 Å². The molecule has 2 aromatic heterocycles. The van der Waals surface area contributed by atoms with Crippen LogP contribution in [0.15, 0.2) is 35.3 Å². The molecule has 0 spiro atoms. The van der Waals surface area contributed by atoms with E-state index >= 15 is 0 Å². The molecule has 0 radical (unpaired) electrons. The van der Waals surface area contributed by atoms with Crippen LogP contribution in [-0.4, -0.2) is 54.1 Å². The number of anilines is 1. The lowest BCUT2D eigenvalue weighted by molar-refractivity contribution is -0.157. The van der Waals surface area contributed by atoms with E-state index < -0.39 is 22.3 Å². The number of aromatic nitrogens is 3. The predicted molar refractivity (Wildman–Crippen MR) is 80.5 cm³/mol. The monoisotopic (exact) mass is 380 g/mol. The number of hydrogen-bond donors (Lipinski definition) is 2. The Morgan fingerprint density at radius 2 is 2.00 bits per heavy atom. The van der Waals surface area contributed by atoms with Gasteiger partial charge in [-0.1, -0.05) is 0 Å². The fourth-order valence-corrected chi connectivity index (χ4v) is 3.03. The Hall–Kier alpha value is -2.25. The van der Waals surface area contributed by atoms with Gasteiger partial charge in [0.1, 0.15) is 0 Å². The quantitative estimate of drug-likeness (QED) is 0.807. The minimum Gasteiger partial charge on any atom is -0.420 e. The number of piperazine rings is 1. The van der Waals surface area contributed by atoms with Crippen LogP contribution in [0.2, 0.25) is 0 Å². The van der Waals surface area contributed by atoms with Gasteiger partial charge in [0.15, 0.2) is 0 Å². The lowest BCUT2D eigenvalue weighted by Crippen LogP contribution is -2.48. The van der Waals surface area contributed by atoms with E-state index in [0.29, 0.717) is 38.3 Å². The first-order valence-corrected chi connectivity index (χ1v) is 8.45. The van der Waals surface area contributed by atoms with Crippen LogP contribution < -0.4 is 10.0 Å². The minimum atomic E-state index is -4.52. The van der Waals surface area contributed by atoms with Crippen LogP contribution in [0.25, 0.3) is 0 Å². The topological polar surface area (TPSA) is 113 Å². The Bertz CT molecular complexity index is 733. The number of alkyl halides is 3. The average Bonchev–Trinajstić information content (AvgIpc) is 3.12. The lowest BCUT2D eigenvalue weighted by atomic mass is 10.4. The molecular weight excluding hydrogens is 365 g/mol. The zero-order chi connectivity index (χ0) is 18.3. The molecule has 0 unspecified atom stereocenters. The number of rotatable bonds is 3. The molecule has 9 nitrogen and oxygen atoms in total. The smallest absolute Gasteiger partial charge is 0.420 e. The van der Waals surface area contributed by atoms with Crippen LogP contribution in [-0.2, 0) is 16.4 Å². The highest BCUT2D eigenvalue weighted by Gasteiger charge is 2.37. The third kappa shape index (κ3) is 5.95. The van der Waals surface area contributed by atoms with Crippen molar-refractivity contribution in [2.75, 3.05) is 30.9 Å². The van der Waals surface area contributed by atoms with Gasteiger partial charge < -0.3 is 9.73 Å². The van der Waals surface area contributed by atoms with Gasteiger partial charge in [0.05, 0.1) is 11.9 Å².